The number of aryl methyl sites for hydroxylation is 2. The van der Waals surface area contributed by atoms with Crippen molar-refractivity contribution in [2.75, 3.05) is 31.5 Å². The van der Waals surface area contributed by atoms with Crippen LogP contribution in [0.15, 0.2) is 66.7 Å². The van der Waals surface area contributed by atoms with Crippen LogP contribution in [-0.4, -0.2) is 53.0 Å². The number of fused-ring (bicyclic) bond motifs is 1. The highest BCUT2D eigenvalue weighted by molar-refractivity contribution is 5.80. The van der Waals surface area contributed by atoms with Gasteiger partial charge in [-0.1, -0.05) is 36.4 Å². The number of carboxylic acids is 1. The van der Waals surface area contributed by atoms with Crippen LogP contribution < -0.4 is 15.4 Å². The Hall–Kier alpha value is -3.91. The second-order valence-electron chi connectivity index (χ2n) is 10.7. The van der Waals surface area contributed by atoms with E-state index in [4.69, 9.17) is 9.72 Å². The van der Waals surface area contributed by atoms with Crippen LogP contribution in [0.4, 0.5) is 5.82 Å². The standard InChI is InChI=1S/C32H38N4O4/c37-30(38)21-29(24-8-4-14-28(20-24)40-27-12-2-1-3-13-27)35-32(39)25-10-6-18-36(22-25)19-7-11-26-16-15-23-9-5-17-33-31(23)34-26/h1-4,8,12-16,20,25,29H,5-7,9-11,17-19,21-22H2,(H,33,34)(H,35,39)(H,37,38)/t25-,29-/m1/s1. The highest BCUT2D eigenvalue weighted by atomic mass is 16.5. The lowest BCUT2D eigenvalue weighted by Crippen LogP contribution is -2.44. The lowest BCUT2D eigenvalue weighted by molar-refractivity contribution is -0.138. The minimum atomic E-state index is -0.962. The third kappa shape index (κ3) is 7.60. The summed E-state index contributed by atoms with van der Waals surface area (Å²) in [5.41, 5.74) is 3.12. The lowest BCUT2D eigenvalue weighted by atomic mass is 9.95. The van der Waals surface area contributed by atoms with Crippen molar-refractivity contribution in [1.29, 1.82) is 0 Å². The van der Waals surface area contributed by atoms with E-state index in [0.717, 1.165) is 69.7 Å². The van der Waals surface area contributed by atoms with Crippen molar-refractivity contribution in [2.24, 2.45) is 5.92 Å². The number of carboxylic acid groups (broad SMARTS) is 1. The fraction of sp³-hybridized carbons (Fsp3) is 0.406. The first-order valence-electron chi connectivity index (χ1n) is 14.3. The minimum Gasteiger partial charge on any atom is -0.481 e. The summed E-state index contributed by atoms with van der Waals surface area (Å²) in [4.78, 5) is 32.2. The van der Waals surface area contributed by atoms with Crippen LogP contribution in [-0.2, 0) is 22.4 Å². The van der Waals surface area contributed by atoms with Crippen LogP contribution in [0.3, 0.4) is 0 Å². The molecular formula is C32H38N4O4. The molecule has 0 saturated carbocycles. The molecule has 5 rings (SSSR count). The molecule has 40 heavy (non-hydrogen) atoms. The number of pyridine rings is 1. The Bertz CT molecular complexity index is 1300. The van der Waals surface area contributed by atoms with E-state index in [1.807, 2.05) is 48.5 Å². The molecule has 2 aliphatic heterocycles. The van der Waals surface area contributed by atoms with E-state index in [0.29, 0.717) is 23.6 Å². The summed E-state index contributed by atoms with van der Waals surface area (Å²) in [5.74, 6) is 1.11. The number of piperidine rings is 1. The molecule has 1 amide bonds. The summed E-state index contributed by atoms with van der Waals surface area (Å²) in [6.07, 6.45) is 5.69. The Morgan fingerprint density at radius 3 is 2.77 bits per heavy atom. The first-order valence-corrected chi connectivity index (χ1v) is 14.3. The number of amides is 1. The van der Waals surface area contributed by atoms with Crippen molar-refractivity contribution in [3.63, 3.8) is 0 Å². The largest absolute Gasteiger partial charge is 0.481 e. The van der Waals surface area contributed by atoms with Gasteiger partial charge in [-0.3, -0.25) is 9.59 Å². The molecule has 1 saturated heterocycles. The van der Waals surface area contributed by atoms with Gasteiger partial charge in [0.05, 0.1) is 18.4 Å². The Kier molecular flexibility index (Phi) is 9.29. The first kappa shape index (κ1) is 27.6. The molecule has 210 valence electrons. The monoisotopic (exact) mass is 542 g/mol. The molecule has 3 heterocycles. The molecule has 0 bridgehead atoms. The van der Waals surface area contributed by atoms with Crippen LogP contribution in [0.5, 0.6) is 11.5 Å². The number of hydrogen-bond acceptors (Lipinski definition) is 6. The van der Waals surface area contributed by atoms with E-state index in [1.165, 1.54) is 5.56 Å². The summed E-state index contributed by atoms with van der Waals surface area (Å²) in [6.45, 7) is 3.55. The molecular weight excluding hydrogens is 504 g/mol. The zero-order valence-electron chi connectivity index (χ0n) is 22.9. The van der Waals surface area contributed by atoms with Crippen LogP contribution in [0.1, 0.15) is 55.0 Å². The first-order chi connectivity index (χ1) is 19.5. The number of benzene rings is 2. The van der Waals surface area contributed by atoms with Gasteiger partial charge in [0.25, 0.3) is 0 Å². The van der Waals surface area contributed by atoms with E-state index in [2.05, 4.69) is 27.7 Å². The Morgan fingerprint density at radius 2 is 1.93 bits per heavy atom. The number of aliphatic carboxylic acids is 1. The minimum absolute atomic E-state index is 0.0900. The molecule has 8 heteroatoms. The molecule has 1 aromatic heterocycles. The topological polar surface area (TPSA) is 104 Å². The van der Waals surface area contributed by atoms with Gasteiger partial charge in [-0.05, 0) is 93.1 Å². The average molecular weight is 543 g/mol. The third-order valence-electron chi connectivity index (χ3n) is 7.67. The Morgan fingerprint density at radius 1 is 1.07 bits per heavy atom. The molecule has 8 nitrogen and oxygen atoms in total. The highest BCUT2D eigenvalue weighted by Crippen LogP contribution is 2.27. The maximum atomic E-state index is 13.3. The zero-order chi connectivity index (χ0) is 27.7. The number of rotatable bonds is 11. The molecule has 2 atom stereocenters. The number of hydrogen-bond donors (Lipinski definition) is 3. The molecule has 0 unspecified atom stereocenters. The number of carbonyl (C=O) groups excluding carboxylic acids is 1. The van der Waals surface area contributed by atoms with Gasteiger partial charge in [0.15, 0.2) is 0 Å². The molecule has 0 aliphatic carbocycles. The smallest absolute Gasteiger partial charge is 0.305 e. The van der Waals surface area contributed by atoms with Crippen molar-refractivity contribution >= 4 is 17.7 Å². The van der Waals surface area contributed by atoms with E-state index in [1.54, 1.807) is 6.07 Å². The quantitative estimate of drug-likeness (QED) is 0.306. The SMILES string of the molecule is O=C(O)C[C@@H](NC(=O)[C@@H]1CCCN(CCCc2ccc3c(n2)NCCC3)C1)c1cccc(Oc2ccccc2)c1. The van der Waals surface area contributed by atoms with Crippen LogP contribution in [0.2, 0.25) is 0 Å². The fourth-order valence-corrected chi connectivity index (χ4v) is 5.60. The second-order valence-corrected chi connectivity index (χ2v) is 10.7. The number of ether oxygens (including phenoxy) is 1. The maximum absolute atomic E-state index is 13.3. The molecule has 2 aliphatic rings. The number of aromatic nitrogens is 1. The maximum Gasteiger partial charge on any atom is 0.305 e. The summed E-state index contributed by atoms with van der Waals surface area (Å²) in [6, 6.07) is 20.4. The Balaban J connectivity index is 1.16. The van der Waals surface area contributed by atoms with E-state index in [9.17, 15) is 14.7 Å². The van der Waals surface area contributed by atoms with Crippen molar-refractivity contribution < 1.29 is 19.4 Å². The second kappa shape index (κ2) is 13.4. The summed E-state index contributed by atoms with van der Waals surface area (Å²) >= 11 is 0. The number of para-hydroxylation sites is 1. The van der Waals surface area contributed by atoms with Gasteiger partial charge >= 0.3 is 5.97 Å². The van der Waals surface area contributed by atoms with Crippen molar-refractivity contribution in [3.05, 3.63) is 83.6 Å². The predicted molar refractivity (Wildman–Crippen MR) is 155 cm³/mol. The van der Waals surface area contributed by atoms with Gasteiger partial charge in [0.2, 0.25) is 5.91 Å². The summed E-state index contributed by atoms with van der Waals surface area (Å²) < 4.78 is 5.93. The number of carbonyl (C=O) groups is 2. The zero-order valence-corrected chi connectivity index (χ0v) is 22.9. The molecule has 3 aromatic rings. The van der Waals surface area contributed by atoms with Crippen molar-refractivity contribution in [1.82, 2.24) is 15.2 Å². The molecule has 3 N–H and O–H groups in total. The van der Waals surface area contributed by atoms with Crippen molar-refractivity contribution in [3.8, 4) is 11.5 Å². The molecule has 2 aromatic carbocycles. The third-order valence-corrected chi connectivity index (χ3v) is 7.67. The van der Waals surface area contributed by atoms with Crippen molar-refractivity contribution in [2.45, 2.75) is 51.0 Å². The van der Waals surface area contributed by atoms with Crippen LogP contribution in [0.25, 0.3) is 0 Å². The fourth-order valence-electron chi connectivity index (χ4n) is 5.60. The van der Waals surface area contributed by atoms with E-state index >= 15 is 0 Å². The highest BCUT2D eigenvalue weighted by Gasteiger charge is 2.28. The van der Waals surface area contributed by atoms with Gasteiger partial charge in [-0.15, -0.1) is 0 Å². The molecule has 0 radical (unpaired) electrons. The molecule has 0 spiro atoms. The van der Waals surface area contributed by atoms with Crippen LogP contribution >= 0.6 is 0 Å². The van der Waals surface area contributed by atoms with Crippen LogP contribution in [0, 0.1) is 5.92 Å². The average Bonchev–Trinajstić information content (AvgIpc) is 2.97. The van der Waals surface area contributed by atoms with Gasteiger partial charge in [-0.25, -0.2) is 4.98 Å². The Labute approximate surface area is 235 Å². The van der Waals surface area contributed by atoms with Gasteiger partial charge in [-0.2, -0.15) is 0 Å². The van der Waals surface area contributed by atoms with Gasteiger partial charge < -0.3 is 25.4 Å². The normalized spacial score (nSPS) is 17.8. The number of anilines is 1. The predicted octanol–water partition coefficient (Wildman–Crippen LogP) is 5.21. The van der Waals surface area contributed by atoms with Gasteiger partial charge in [0.1, 0.15) is 17.3 Å². The number of likely N-dealkylation sites (tertiary alicyclic amines) is 1. The van der Waals surface area contributed by atoms with E-state index in [-0.39, 0.29) is 18.2 Å². The van der Waals surface area contributed by atoms with E-state index < -0.39 is 12.0 Å². The molecule has 1 fully saturated rings. The van der Waals surface area contributed by atoms with Gasteiger partial charge in [0, 0.05) is 18.8 Å². The number of nitrogens with one attached hydrogen (secondary N) is 2. The lowest BCUT2D eigenvalue weighted by Gasteiger charge is -2.33. The summed E-state index contributed by atoms with van der Waals surface area (Å²) in [5, 5.41) is 16.0. The number of nitrogens with zero attached hydrogens (tertiary/aromatic N) is 2. The summed E-state index contributed by atoms with van der Waals surface area (Å²) in [7, 11) is 0.